The normalized spacial score (nSPS) is 10.5. The first kappa shape index (κ1) is 18.6. The van der Waals surface area contributed by atoms with Crippen LogP contribution in [0.5, 0.6) is 11.5 Å². The fraction of sp³-hybridized carbons (Fsp3) is 0.227. The minimum Gasteiger partial charge on any atom is -0.493 e. The zero-order valence-electron chi connectivity index (χ0n) is 15.9. The molecule has 3 rings (SSSR count). The summed E-state index contributed by atoms with van der Waals surface area (Å²) in [4.78, 5) is 14.7. The molecular weight excluding hydrogens is 340 g/mol. The summed E-state index contributed by atoms with van der Waals surface area (Å²) in [7, 11) is 3.22. The molecule has 0 fully saturated rings. The van der Waals surface area contributed by atoms with E-state index in [1.807, 2.05) is 83.4 Å². The maximum Gasteiger partial charge on any atom is 0.254 e. The monoisotopic (exact) mass is 364 g/mol. The van der Waals surface area contributed by atoms with E-state index in [2.05, 4.69) is 0 Å². The van der Waals surface area contributed by atoms with Crippen molar-refractivity contribution in [3.63, 3.8) is 0 Å². The first-order valence-corrected chi connectivity index (χ1v) is 8.89. The molecule has 140 valence electrons. The van der Waals surface area contributed by atoms with Crippen molar-refractivity contribution < 1.29 is 14.3 Å². The number of ether oxygens (including phenoxy) is 2. The Morgan fingerprint density at radius 3 is 2.22 bits per heavy atom. The van der Waals surface area contributed by atoms with Crippen molar-refractivity contribution >= 4 is 5.91 Å². The van der Waals surface area contributed by atoms with E-state index < -0.39 is 0 Å². The van der Waals surface area contributed by atoms with Gasteiger partial charge in [0.2, 0.25) is 0 Å². The smallest absolute Gasteiger partial charge is 0.254 e. The SMILES string of the molecule is CCN(Cc1ccc(OC)c(OC)c1)C(=O)c1ccc(-n2cccc2)cc1. The largest absolute Gasteiger partial charge is 0.493 e. The van der Waals surface area contributed by atoms with E-state index in [-0.39, 0.29) is 5.91 Å². The Morgan fingerprint density at radius 1 is 0.963 bits per heavy atom. The minimum atomic E-state index is 0.00587. The van der Waals surface area contributed by atoms with Gasteiger partial charge in [0, 0.05) is 36.7 Å². The molecule has 0 aliphatic carbocycles. The predicted molar refractivity (Wildman–Crippen MR) is 106 cm³/mol. The highest BCUT2D eigenvalue weighted by Gasteiger charge is 2.16. The Balaban J connectivity index is 1.76. The highest BCUT2D eigenvalue weighted by atomic mass is 16.5. The van der Waals surface area contributed by atoms with Gasteiger partial charge in [-0.05, 0) is 61.0 Å². The van der Waals surface area contributed by atoms with Crippen LogP contribution < -0.4 is 9.47 Å². The molecule has 5 nitrogen and oxygen atoms in total. The summed E-state index contributed by atoms with van der Waals surface area (Å²) in [5.41, 5.74) is 2.69. The number of carbonyl (C=O) groups excluding carboxylic acids is 1. The van der Waals surface area contributed by atoms with E-state index in [4.69, 9.17) is 9.47 Å². The molecule has 3 aromatic rings. The lowest BCUT2D eigenvalue weighted by Crippen LogP contribution is -2.30. The summed E-state index contributed by atoms with van der Waals surface area (Å²) in [5, 5.41) is 0. The molecule has 0 saturated carbocycles. The van der Waals surface area contributed by atoms with Gasteiger partial charge >= 0.3 is 0 Å². The summed E-state index contributed by atoms with van der Waals surface area (Å²) in [6.07, 6.45) is 3.96. The molecule has 1 heterocycles. The van der Waals surface area contributed by atoms with Crippen LogP contribution in [0.15, 0.2) is 67.0 Å². The molecule has 5 heteroatoms. The molecule has 0 unspecified atom stereocenters. The van der Waals surface area contributed by atoms with Crippen molar-refractivity contribution in [3.8, 4) is 17.2 Å². The van der Waals surface area contributed by atoms with Crippen LogP contribution in [0.25, 0.3) is 5.69 Å². The molecule has 0 saturated heterocycles. The van der Waals surface area contributed by atoms with Crippen LogP contribution in [-0.4, -0.2) is 36.1 Å². The fourth-order valence-corrected chi connectivity index (χ4v) is 2.99. The summed E-state index contributed by atoms with van der Waals surface area (Å²) < 4.78 is 12.6. The number of carbonyl (C=O) groups is 1. The lowest BCUT2D eigenvalue weighted by Gasteiger charge is -2.22. The van der Waals surface area contributed by atoms with Crippen LogP contribution in [0.4, 0.5) is 0 Å². The molecule has 0 spiro atoms. The van der Waals surface area contributed by atoms with Gasteiger partial charge in [0.15, 0.2) is 11.5 Å². The van der Waals surface area contributed by atoms with Gasteiger partial charge in [-0.3, -0.25) is 4.79 Å². The lowest BCUT2D eigenvalue weighted by atomic mass is 10.1. The van der Waals surface area contributed by atoms with Crippen molar-refractivity contribution in [1.82, 2.24) is 9.47 Å². The van der Waals surface area contributed by atoms with E-state index in [1.165, 1.54) is 0 Å². The number of nitrogens with zero attached hydrogens (tertiary/aromatic N) is 2. The number of methoxy groups -OCH3 is 2. The highest BCUT2D eigenvalue weighted by molar-refractivity contribution is 5.94. The minimum absolute atomic E-state index is 0.00587. The second-order valence-corrected chi connectivity index (χ2v) is 6.15. The summed E-state index contributed by atoms with van der Waals surface area (Å²) in [6.45, 7) is 3.11. The van der Waals surface area contributed by atoms with Gasteiger partial charge in [0.05, 0.1) is 14.2 Å². The molecule has 1 aromatic heterocycles. The molecule has 2 aromatic carbocycles. The van der Waals surface area contributed by atoms with Crippen LogP contribution >= 0.6 is 0 Å². The summed E-state index contributed by atoms with van der Waals surface area (Å²) in [5.74, 6) is 1.34. The van der Waals surface area contributed by atoms with Gasteiger partial charge in [0.1, 0.15) is 0 Å². The summed E-state index contributed by atoms with van der Waals surface area (Å²) >= 11 is 0. The van der Waals surface area contributed by atoms with Crippen LogP contribution in [0.2, 0.25) is 0 Å². The number of hydrogen-bond donors (Lipinski definition) is 0. The molecule has 0 N–H and O–H groups in total. The molecule has 27 heavy (non-hydrogen) atoms. The van der Waals surface area contributed by atoms with Crippen molar-refractivity contribution in [2.24, 2.45) is 0 Å². The Kier molecular flexibility index (Phi) is 5.81. The molecule has 1 amide bonds. The predicted octanol–water partition coefficient (Wildman–Crippen LogP) is 4.16. The standard InChI is InChI=1S/C22H24N2O3/c1-4-23(16-17-7-12-20(26-2)21(15-17)27-3)22(25)18-8-10-19(11-9-18)24-13-5-6-14-24/h5-15H,4,16H2,1-3H3. The second-order valence-electron chi connectivity index (χ2n) is 6.15. The van der Waals surface area contributed by atoms with Gasteiger partial charge < -0.3 is 18.9 Å². The number of aromatic nitrogens is 1. The average molecular weight is 364 g/mol. The van der Waals surface area contributed by atoms with Crippen LogP contribution in [0.1, 0.15) is 22.8 Å². The van der Waals surface area contributed by atoms with Crippen LogP contribution in [0, 0.1) is 0 Å². The second kappa shape index (κ2) is 8.45. The molecule has 0 bridgehead atoms. The van der Waals surface area contributed by atoms with E-state index in [1.54, 1.807) is 14.2 Å². The fourth-order valence-electron chi connectivity index (χ4n) is 2.99. The Labute approximate surface area is 159 Å². The van der Waals surface area contributed by atoms with Crippen molar-refractivity contribution in [1.29, 1.82) is 0 Å². The van der Waals surface area contributed by atoms with Gasteiger partial charge in [-0.2, -0.15) is 0 Å². The first-order chi connectivity index (χ1) is 13.2. The van der Waals surface area contributed by atoms with E-state index in [0.717, 1.165) is 11.3 Å². The van der Waals surface area contributed by atoms with Gasteiger partial charge in [-0.25, -0.2) is 0 Å². The van der Waals surface area contributed by atoms with Crippen molar-refractivity contribution in [2.75, 3.05) is 20.8 Å². The van der Waals surface area contributed by atoms with Crippen molar-refractivity contribution in [3.05, 3.63) is 78.1 Å². The topological polar surface area (TPSA) is 43.7 Å². The third-order valence-corrected chi connectivity index (χ3v) is 4.51. The zero-order chi connectivity index (χ0) is 19.2. The number of hydrogen-bond acceptors (Lipinski definition) is 3. The maximum absolute atomic E-state index is 12.9. The lowest BCUT2D eigenvalue weighted by molar-refractivity contribution is 0.0752. The van der Waals surface area contributed by atoms with Crippen molar-refractivity contribution in [2.45, 2.75) is 13.5 Å². The van der Waals surface area contributed by atoms with Gasteiger partial charge in [0.25, 0.3) is 5.91 Å². The molecule has 0 atom stereocenters. The number of benzene rings is 2. The Hall–Kier alpha value is -3.21. The highest BCUT2D eigenvalue weighted by Crippen LogP contribution is 2.28. The van der Waals surface area contributed by atoms with Gasteiger partial charge in [-0.15, -0.1) is 0 Å². The first-order valence-electron chi connectivity index (χ1n) is 8.89. The third kappa shape index (κ3) is 4.14. The molecule has 0 radical (unpaired) electrons. The van der Waals surface area contributed by atoms with E-state index in [0.29, 0.717) is 30.2 Å². The number of amides is 1. The molecule has 0 aliphatic rings. The van der Waals surface area contributed by atoms with Gasteiger partial charge in [-0.1, -0.05) is 6.07 Å². The molecule has 0 aliphatic heterocycles. The zero-order valence-corrected chi connectivity index (χ0v) is 15.9. The van der Waals surface area contributed by atoms with E-state index in [9.17, 15) is 4.79 Å². The average Bonchev–Trinajstić information content (AvgIpc) is 3.26. The Bertz CT molecular complexity index is 886. The molecular formula is C22H24N2O3. The number of rotatable bonds is 7. The quantitative estimate of drug-likeness (QED) is 0.632. The Morgan fingerprint density at radius 2 is 1.63 bits per heavy atom. The third-order valence-electron chi connectivity index (χ3n) is 4.51. The van der Waals surface area contributed by atoms with E-state index >= 15 is 0 Å². The summed E-state index contributed by atoms with van der Waals surface area (Å²) in [6, 6.07) is 17.3. The van der Waals surface area contributed by atoms with Crippen LogP contribution in [0.3, 0.4) is 0 Å². The maximum atomic E-state index is 12.9. The van der Waals surface area contributed by atoms with Crippen LogP contribution in [-0.2, 0) is 6.54 Å².